The number of anilines is 1. The highest BCUT2D eigenvalue weighted by molar-refractivity contribution is 9.10. The Kier molecular flexibility index (Phi) is 4.80. The van der Waals surface area contributed by atoms with Crippen molar-refractivity contribution in [2.24, 2.45) is 0 Å². The van der Waals surface area contributed by atoms with E-state index in [1.54, 1.807) is 29.4 Å². The molecule has 0 spiro atoms. The number of carbonyl (C=O) groups is 1. The molecule has 0 fully saturated rings. The second-order valence-electron chi connectivity index (χ2n) is 6.23. The first-order valence-corrected chi connectivity index (χ1v) is 9.97. The zero-order valence-corrected chi connectivity index (χ0v) is 17.2. The first-order valence-electron chi connectivity index (χ1n) is 8.36. The van der Waals surface area contributed by atoms with Crippen molar-refractivity contribution < 1.29 is 9.21 Å². The highest BCUT2D eigenvalue weighted by Crippen LogP contribution is 2.34. The molecule has 0 atom stereocenters. The highest BCUT2D eigenvalue weighted by Gasteiger charge is 2.25. The van der Waals surface area contributed by atoms with Crippen LogP contribution in [0.4, 0.5) is 5.13 Å². The van der Waals surface area contributed by atoms with E-state index in [0.717, 1.165) is 26.9 Å². The molecule has 0 N–H and O–H groups in total. The fourth-order valence-electron chi connectivity index (χ4n) is 2.83. The number of thiazole rings is 1. The maximum absolute atomic E-state index is 13.2. The van der Waals surface area contributed by atoms with E-state index >= 15 is 0 Å². The smallest absolute Gasteiger partial charge is 0.296 e. The summed E-state index contributed by atoms with van der Waals surface area (Å²) < 4.78 is 7.10. The third-order valence-electron chi connectivity index (χ3n) is 4.25. The van der Waals surface area contributed by atoms with Gasteiger partial charge < -0.3 is 4.42 Å². The second kappa shape index (κ2) is 7.25. The van der Waals surface area contributed by atoms with E-state index in [1.807, 2.05) is 19.1 Å². The van der Waals surface area contributed by atoms with Crippen molar-refractivity contribution in [3.05, 3.63) is 75.9 Å². The van der Waals surface area contributed by atoms with Crippen LogP contribution in [0.15, 0.2) is 57.9 Å². The summed E-state index contributed by atoms with van der Waals surface area (Å²) in [4.78, 5) is 23.7. The van der Waals surface area contributed by atoms with Gasteiger partial charge in [0.1, 0.15) is 0 Å². The van der Waals surface area contributed by atoms with E-state index < -0.39 is 0 Å². The average Bonchev–Trinajstić information content (AvgIpc) is 3.30. The second-order valence-corrected chi connectivity index (χ2v) is 7.99. The summed E-state index contributed by atoms with van der Waals surface area (Å²) in [5.74, 6) is 0.0254. The molecule has 136 valence electrons. The van der Waals surface area contributed by atoms with E-state index in [-0.39, 0.29) is 11.7 Å². The Morgan fingerprint density at radius 1 is 1.19 bits per heavy atom. The third-order valence-corrected chi connectivity index (χ3v) is 5.89. The molecule has 1 aromatic carbocycles. The Morgan fingerprint density at radius 3 is 2.67 bits per heavy atom. The first-order chi connectivity index (χ1) is 13.0. The Bertz CT molecular complexity index is 1080. The molecule has 0 saturated carbocycles. The normalized spacial score (nSPS) is 11.1. The molecule has 0 saturated heterocycles. The number of nitrogens with zero attached hydrogens (tertiary/aromatic N) is 3. The number of aryl methyl sites for hydroxylation is 2. The van der Waals surface area contributed by atoms with E-state index in [9.17, 15) is 4.79 Å². The van der Waals surface area contributed by atoms with Crippen LogP contribution in [0, 0.1) is 13.8 Å². The number of amides is 1. The lowest BCUT2D eigenvalue weighted by Crippen LogP contribution is -2.30. The fourth-order valence-corrected chi connectivity index (χ4v) is 4.24. The molecule has 3 heterocycles. The van der Waals surface area contributed by atoms with Gasteiger partial charge in [0.25, 0.3) is 5.91 Å². The highest BCUT2D eigenvalue weighted by atomic mass is 79.9. The van der Waals surface area contributed by atoms with Gasteiger partial charge >= 0.3 is 0 Å². The van der Waals surface area contributed by atoms with Crippen molar-refractivity contribution in [1.29, 1.82) is 0 Å². The van der Waals surface area contributed by atoms with E-state index in [1.165, 1.54) is 11.3 Å². The lowest BCUT2D eigenvalue weighted by Gasteiger charge is -2.18. The van der Waals surface area contributed by atoms with Crippen LogP contribution in [0.3, 0.4) is 0 Å². The standard InChI is InChI=1S/C20H16BrN3O2S/c1-12-5-6-13(2)18-17(12)23-20(27-18)24(11-14-4-3-9-22-10-14)19(25)15-7-8-16(21)26-15/h3-10H,11H2,1-2H3. The number of carbonyl (C=O) groups excluding carboxylic acids is 1. The largest absolute Gasteiger partial charge is 0.444 e. The molecule has 7 heteroatoms. The minimum absolute atomic E-state index is 0.237. The molecule has 0 radical (unpaired) electrons. The van der Waals surface area contributed by atoms with Crippen LogP contribution in [0.1, 0.15) is 27.2 Å². The summed E-state index contributed by atoms with van der Waals surface area (Å²) >= 11 is 4.77. The van der Waals surface area contributed by atoms with Crippen molar-refractivity contribution in [3.8, 4) is 0 Å². The Hall–Kier alpha value is -2.51. The van der Waals surface area contributed by atoms with Crippen LogP contribution < -0.4 is 4.90 Å². The predicted molar refractivity (Wildman–Crippen MR) is 110 cm³/mol. The molecule has 3 aromatic heterocycles. The fraction of sp³-hybridized carbons (Fsp3) is 0.150. The van der Waals surface area contributed by atoms with Crippen LogP contribution in [0.25, 0.3) is 10.2 Å². The van der Waals surface area contributed by atoms with Crippen molar-refractivity contribution in [1.82, 2.24) is 9.97 Å². The summed E-state index contributed by atoms with van der Waals surface area (Å²) in [6, 6.07) is 11.3. The molecule has 5 nitrogen and oxygen atoms in total. The Labute approximate surface area is 168 Å². The van der Waals surface area contributed by atoms with Gasteiger partial charge in [-0.3, -0.25) is 14.7 Å². The SMILES string of the molecule is Cc1ccc(C)c2sc(N(Cc3cccnc3)C(=O)c3ccc(Br)o3)nc12. The van der Waals surface area contributed by atoms with Crippen molar-refractivity contribution in [3.63, 3.8) is 0 Å². The van der Waals surface area contributed by atoms with Gasteiger partial charge in [-0.2, -0.15) is 0 Å². The van der Waals surface area contributed by atoms with Gasteiger partial charge in [-0.15, -0.1) is 0 Å². The maximum Gasteiger partial charge on any atom is 0.296 e. The molecular weight excluding hydrogens is 426 g/mol. The lowest BCUT2D eigenvalue weighted by molar-refractivity contribution is 0.0957. The number of pyridine rings is 1. The Balaban J connectivity index is 1.81. The number of furan rings is 1. The van der Waals surface area contributed by atoms with Gasteiger partial charge in [0, 0.05) is 12.4 Å². The number of fused-ring (bicyclic) bond motifs is 1. The predicted octanol–water partition coefficient (Wildman–Crippen LogP) is 5.51. The van der Waals surface area contributed by atoms with Gasteiger partial charge in [0.05, 0.1) is 16.8 Å². The molecule has 0 unspecified atom stereocenters. The van der Waals surface area contributed by atoms with Crippen molar-refractivity contribution in [2.75, 3.05) is 4.90 Å². The topological polar surface area (TPSA) is 59.2 Å². The molecule has 4 rings (SSSR count). The van der Waals surface area contributed by atoms with Gasteiger partial charge in [-0.25, -0.2) is 4.98 Å². The summed E-state index contributed by atoms with van der Waals surface area (Å²) in [5.41, 5.74) is 4.09. The average molecular weight is 442 g/mol. The van der Waals surface area contributed by atoms with Gasteiger partial charge in [0.15, 0.2) is 15.6 Å². The van der Waals surface area contributed by atoms with Crippen molar-refractivity contribution >= 4 is 48.5 Å². The van der Waals surface area contributed by atoms with Gasteiger partial charge in [0.2, 0.25) is 0 Å². The number of rotatable bonds is 4. The first kappa shape index (κ1) is 17.9. The number of aromatic nitrogens is 2. The van der Waals surface area contributed by atoms with E-state index in [2.05, 4.69) is 40.0 Å². The number of hydrogen-bond acceptors (Lipinski definition) is 5. The van der Waals surface area contributed by atoms with Crippen LogP contribution >= 0.6 is 27.3 Å². The van der Waals surface area contributed by atoms with Crippen LogP contribution in [0.5, 0.6) is 0 Å². The maximum atomic E-state index is 13.2. The minimum atomic E-state index is -0.237. The minimum Gasteiger partial charge on any atom is -0.444 e. The van der Waals surface area contributed by atoms with Crippen LogP contribution in [-0.4, -0.2) is 15.9 Å². The van der Waals surface area contributed by atoms with Crippen LogP contribution in [-0.2, 0) is 6.54 Å². The van der Waals surface area contributed by atoms with Gasteiger partial charge in [-0.05, 0) is 64.7 Å². The van der Waals surface area contributed by atoms with Crippen LogP contribution in [0.2, 0.25) is 0 Å². The number of hydrogen-bond donors (Lipinski definition) is 0. The monoisotopic (exact) mass is 441 g/mol. The molecule has 0 aliphatic heterocycles. The molecule has 0 bridgehead atoms. The van der Waals surface area contributed by atoms with Gasteiger partial charge in [-0.1, -0.05) is 29.5 Å². The number of halogens is 1. The zero-order chi connectivity index (χ0) is 19.0. The van der Waals surface area contributed by atoms with E-state index in [0.29, 0.717) is 16.3 Å². The molecule has 1 amide bonds. The molecule has 27 heavy (non-hydrogen) atoms. The van der Waals surface area contributed by atoms with E-state index in [4.69, 9.17) is 9.40 Å². The van der Waals surface area contributed by atoms with Crippen molar-refractivity contribution in [2.45, 2.75) is 20.4 Å². The summed E-state index contributed by atoms with van der Waals surface area (Å²) in [6.07, 6.45) is 3.46. The summed E-state index contributed by atoms with van der Waals surface area (Å²) in [7, 11) is 0. The number of benzene rings is 1. The molecule has 4 aromatic rings. The molecular formula is C20H16BrN3O2S. The zero-order valence-electron chi connectivity index (χ0n) is 14.8. The third kappa shape index (κ3) is 3.52. The Morgan fingerprint density at radius 2 is 2.00 bits per heavy atom. The molecule has 0 aliphatic carbocycles. The summed E-state index contributed by atoms with van der Waals surface area (Å²) in [5, 5.41) is 0.642. The lowest BCUT2D eigenvalue weighted by atomic mass is 10.1. The quantitative estimate of drug-likeness (QED) is 0.418. The summed E-state index contributed by atoms with van der Waals surface area (Å²) in [6.45, 7) is 4.45. The molecule has 0 aliphatic rings.